The smallest absolute Gasteiger partial charge is 0.326 e. The van der Waals surface area contributed by atoms with Crippen molar-refractivity contribution in [3.8, 4) is 5.75 Å². The van der Waals surface area contributed by atoms with Gasteiger partial charge in [-0.1, -0.05) is 32.4 Å². The van der Waals surface area contributed by atoms with Gasteiger partial charge in [0.2, 0.25) is 17.7 Å². The first-order valence-corrected chi connectivity index (χ1v) is 12.1. The van der Waals surface area contributed by atoms with E-state index in [2.05, 4.69) is 16.0 Å². The van der Waals surface area contributed by atoms with Crippen LogP contribution in [0.4, 0.5) is 0 Å². The maximum atomic E-state index is 12.7. The number of hydrogen-bond donors (Lipinski definition) is 6. The van der Waals surface area contributed by atoms with Crippen LogP contribution in [0.1, 0.15) is 32.3 Å². The van der Waals surface area contributed by atoms with E-state index in [9.17, 15) is 29.4 Å². The molecular weight excluding hydrogens is 448 g/mol. The summed E-state index contributed by atoms with van der Waals surface area (Å²) in [4.78, 5) is 48.8. The summed E-state index contributed by atoms with van der Waals surface area (Å²) >= 11 is 1.57. The highest BCUT2D eigenvalue weighted by Crippen LogP contribution is 2.12. The molecule has 33 heavy (non-hydrogen) atoms. The molecule has 1 aromatic rings. The number of benzene rings is 1. The van der Waals surface area contributed by atoms with E-state index < -0.39 is 48.4 Å². The number of aromatic hydroxyl groups is 1. The zero-order chi connectivity index (χ0) is 25.0. The Morgan fingerprint density at radius 1 is 1.09 bits per heavy atom. The van der Waals surface area contributed by atoms with Crippen LogP contribution >= 0.6 is 11.8 Å². The molecule has 1 aromatic carbocycles. The van der Waals surface area contributed by atoms with E-state index in [1.165, 1.54) is 12.1 Å². The van der Waals surface area contributed by atoms with Crippen molar-refractivity contribution in [1.82, 2.24) is 16.0 Å². The summed E-state index contributed by atoms with van der Waals surface area (Å²) in [5.41, 5.74) is 6.49. The van der Waals surface area contributed by atoms with Gasteiger partial charge in [0.25, 0.3) is 0 Å². The Labute approximate surface area is 198 Å². The summed E-state index contributed by atoms with van der Waals surface area (Å²) in [7, 11) is 0. The minimum atomic E-state index is -1.23. The molecule has 7 N–H and O–H groups in total. The fourth-order valence-electron chi connectivity index (χ4n) is 2.93. The summed E-state index contributed by atoms with van der Waals surface area (Å²) in [5, 5.41) is 26.2. The first-order valence-electron chi connectivity index (χ1n) is 10.7. The molecule has 0 spiro atoms. The first-order chi connectivity index (χ1) is 15.6. The van der Waals surface area contributed by atoms with Crippen LogP contribution in [0.2, 0.25) is 0 Å². The highest BCUT2D eigenvalue weighted by molar-refractivity contribution is 7.98. The van der Waals surface area contributed by atoms with E-state index >= 15 is 0 Å². The van der Waals surface area contributed by atoms with Crippen molar-refractivity contribution in [2.75, 3.05) is 18.6 Å². The number of phenolic OH excluding ortho intramolecular Hbond substituents is 1. The maximum absolute atomic E-state index is 12.7. The SMILES string of the molecule is CCC(C)C(NC(=O)C(N)CCSC)C(=O)NCC(=O)NC(Cc1ccc(O)cc1)C(=O)O. The Morgan fingerprint density at radius 2 is 1.73 bits per heavy atom. The van der Waals surface area contributed by atoms with Crippen molar-refractivity contribution < 1.29 is 29.4 Å². The van der Waals surface area contributed by atoms with E-state index in [1.807, 2.05) is 13.2 Å². The summed E-state index contributed by atoms with van der Waals surface area (Å²) in [6.07, 6.45) is 3.00. The van der Waals surface area contributed by atoms with Gasteiger partial charge < -0.3 is 31.9 Å². The van der Waals surface area contributed by atoms with Gasteiger partial charge in [-0.2, -0.15) is 11.8 Å². The third-order valence-electron chi connectivity index (χ3n) is 5.20. The molecule has 0 saturated heterocycles. The van der Waals surface area contributed by atoms with Gasteiger partial charge in [0.1, 0.15) is 17.8 Å². The molecule has 10 nitrogen and oxygen atoms in total. The van der Waals surface area contributed by atoms with E-state index in [-0.39, 0.29) is 18.1 Å². The molecule has 4 atom stereocenters. The number of amides is 3. The lowest BCUT2D eigenvalue weighted by molar-refractivity contribution is -0.141. The van der Waals surface area contributed by atoms with E-state index in [0.29, 0.717) is 24.2 Å². The van der Waals surface area contributed by atoms with Gasteiger partial charge in [-0.3, -0.25) is 14.4 Å². The average Bonchev–Trinajstić information content (AvgIpc) is 2.79. The highest BCUT2D eigenvalue weighted by atomic mass is 32.2. The van der Waals surface area contributed by atoms with Gasteiger partial charge >= 0.3 is 5.97 Å². The Kier molecular flexibility index (Phi) is 12.3. The van der Waals surface area contributed by atoms with Crippen LogP contribution < -0.4 is 21.7 Å². The van der Waals surface area contributed by atoms with Gasteiger partial charge in [-0.15, -0.1) is 0 Å². The largest absolute Gasteiger partial charge is 0.508 e. The molecule has 0 aromatic heterocycles. The Hall–Kier alpha value is -2.79. The number of carboxylic acid groups (broad SMARTS) is 1. The van der Waals surface area contributed by atoms with E-state index in [4.69, 9.17) is 5.73 Å². The maximum Gasteiger partial charge on any atom is 0.326 e. The van der Waals surface area contributed by atoms with Crippen LogP contribution in [-0.2, 0) is 25.6 Å². The fraction of sp³-hybridized carbons (Fsp3) is 0.545. The number of carboxylic acids is 1. The molecule has 0 bridgehead atoms. The molecule has 0 saturated carbocycles. The molecule has 4 unspecified atom stereocenters. The average molecular weight is 483 g/mol. The highest BCUT2D eigenvalue weighted by Gasteiger charge is 2.28. The minimum Gasteiger partial charge on any atom is -0.508 e. The molecule has 11 heteroatoms. The summed E-state index contributed by atoms with van der Waals surface area (Å²) in [5.74, 6) is -2.34. The van der Waals surface area contributed by atoms with Crippen molar-refractivity contribution in [3.05, 3.63) is 29.8 Å². The number of aliphatic carboxylic acids is 1. The Balaban J connectivity index is 2.68. The van der Waals surface area contributed by atoms with Crippen LogP contribution in [0.3, 0.4) is 0 Å². The van der Waals surface area contributed by atoms with Crippen molar-refractivity contribution in [2.45, 2.75) is 51.2 Å². The van der Waals surface area contributed by atoms with Crippen LogP contribution in [-0.4, -0.2) is 70.6 Å². The second-order valence-corrected chi connectivity index (χ2v) is 8.79. The molecule has 0 heterocycles. The van der Waals surface area contributed by atoms with Gasteiger partial charge in [0.15, 0.2) is 0 Å². The molecular formula is C22H34N4O6S. The van der Waals surface area contributed by atoms with E-state index in [1.54, 1.807) is 30.8 Å². The lowest BCUT2D eigenvalue weighted by Crippen LogP contribution is -2.55. The predicted molar refractivity (Wildman–Crippen MR) is 127 cm³/mol. The van der Waals surface area contributed by atoms with Crippen molar-refractivity contribution in [2.24, 2.45) is 11.7 Å². The molecule has 0 aliphatic heterocycles. The van der Waals surface area contributed by atoms with Crippen molar-refractivity contribution in [1.29, 1.82) is 0 Å². The van der Waals surface area contributed by atoms with Crippen LogP contribution in [0.5, 0.6) is 5.75 Å². The summed E-state index contributed by atoms with van der Waals surface area (Å²) in [6, 6.07) is 3.14. The molecule has 0 aliphatic carbocycles. The van der Waals surface area contributed by atoms with E-state index in [0.717, 1.165) is 0 Å². The number of rotatable bonds is 14. The first kappa shape index (κ1) is 28.2. The van der Waals surface area contributed by atoms with Crippen LogP contribution in [0.25, 0.3) is 0 Å². The molecule has 0 radical (unpaired) electrons. The third-order valence-corrected chi connectivity index (χ3v) is 5.84. The monoisotopic (exact) mass is 482 g/mol. The molecule has 0 fully saturated rings. The van der Waals surface area contributed by atoms with Crippen LogP contribution in [0.15, 0.2) is 24.3 Å². The minimum absolute atomic E-state index is 0.00872. The second-order valence-electron chi connectivity index (χ2n) is 7.81. The number of carbonyl (C=O) groups is 4. The molecule has 0 aliphatic rings. The molecule has 3 amide bonds. The molecule has 1 rings (SSSR count). The second kappa shape index (κ2) is 14.4. The summed E-state index contributed by atoms with van der Waals surface area (Å²) < 4.78 is 0. The number of nitrogens with two attached hydrogens (primary N) is 1. The number of nitrogens with one attached hydrogen (secondary N) is 3. The number of hydrogen-bond acceptors (Lipinski definition) is 7. The molecule has 184 valence electrons. The quantitative estimate of drug-likeness (QED) is 0.219. The number of phenols is 1. The van der Waals surface area contributed by atoms with Crippen molar-refractivity contribution in [3.63, 3.8) is 0 Å². The van der Waals surface area contributed by atoms with Crippen molar-refractivity contribution >= 4 is 35.5 Å². The number of thioether (sulfide) groups is 1. The fourth-order valence-corrected chi connectivity index (χ4v) is 3.42. The van der Waals surface area contributed by atoms with Gasteiger partial charge in [-0.25, -0.2) is 4.79 Å². The lowest BCUT2D eigenvalue weighted by atomic mass is 9.97. The normalized spacial score (nSPS) is 14.4. The van der Waals surface area contributed by atoms with Gasteiger partial charge in [0.05, 0.1) is 12.6 Å². The standard InChI is InChI=1S/C22H34N4O6S/c1-4-13(2)19(26-20(29)16(23)9-10-33-3)21(30)24-12-18(28)25-17(22(31)32)11-14-5-7-15(27)8-6-14/h5-8,13,16-17,19,27H,4,9-12,23H2,1-3H3,(H,24,30)(H,25,28)(H,26,29)(H,31,32). The zero-order valence-corrected chi connectivity index (χ0v) is 20.0. The van der Waals surface area contributed by atoms with Gasteiger partial charge in [-0.05, 0) is 42.0 Å². The zero-order valence-electron chi connectivity index (χ0n) is 19.2. The third kappa shape index (κ3) is 10.1. The summed E-state index contributed by atoms with van der Waals surface area (Å²) in [6.45, 7) is 3.23. The van der Waals surface area contributed by atoms with Crippen LogP contribution in [0, 0.1) is 5.92 Å². The predicted octanol–water partition coefficient (Wildman–Crippen LogP) is 0.232. The topological polar surface area (TPSA) is 171 Å². The lowest BCUT2D eigenvalue weighted by Gasteiger charge is -2.25. The number of carbonyl (C=O) groups excluding carboxylic acids is 3. The van der Waals surface area contributed by atoms with Gasteiger partial charge in [0, 0.05) is 6.42 Å². The Bertz CT molecular complexity index is 805. The Morgan fingerprint density at radius 3 is 2.27 bits per heavy atom.